The number of benzene rings is 1. The van der Waals surface area contributed by atoms with E-state index in [4.69, 9.17) is 4.42 Å². The molecular weight excluding hydrogens is 470 g/mol. The van der Waals surface area contributed by atoms with Crippen molar-refractivity contribution in [2.24, 2.45) is 5.92 Å². The van der Waals surface area contributed by atoms with Gasteiger partial charge in [-0.1, -0.05) is 0 Å². The predicted octanol–water partition coefficient (Wildman–Crippen LogP) is 3.22. The van der Waals surface area contributed by atoms with Crippen LogP contribution in [0, 0.1) is 12.8 Å². The van der Waals surface area contributed by atoms with Crippen LogP contribution in [-0.2, 0) is 6.54 Å². The van der Waals surface area contributed by atoms with E-state index in [1.807, 2.05) is 29.9 Å². The van der Waals surface area contributed by atoms with Crippen molar-refractivity contribution < 1.29 is 14.3 Å². The van der Waals surface area contributed by atoms with E-state index in [9.17, 15) is 9.90 Å². The molecule has 2 saturated heterocycles. The highest BCUT2D eigenvalue weighted by molar-refractivity contribution is 6.06. The summed E-state index contributed by atoms with van der Waals surface area (Å²) < 4.78 is 7.65. The molecule has 2 aliphatic rings. The summed E-state index contributed by atoms with van der Waals surface area (Å²) in [6.07, 6.45) is 7.51. The number of hydrogen-bond donors (Lipinski definition) is 3. The number of rotatable bonds is 6. The molecule has 5 heterocycles. The number of nitrogens with one attached hydrogen (secondary N) is 2. The summed E-state index contributed by atoms with van der Waals surface area (Å²) in [5.41, 5.74) is 4.32. The molecule has 0 aliphatic carbocycles. The zero-order valence-corrected chi connectivity index (χ0v) is 20.9. The first-order chi connectivity index (χ1) is 18.0. The first-order valence-electron chi connectivity index (χ1n) is 12.9. The topological polar surface area (TPSA) is 121 Å². The van der Waals surface area contributed by atoms with Gasteiger partial charge in [0.05, 0.1) is 29.2 Å². The van der Waals surface area contributed by atoms with E-state index in [-0.39, 0.29) is 17.7 Å². The summed E-state index contributed by atoms with van der Waals surface area (Å²) in [6, 6.07) is 7.72. The molecule has 37 heavy (non-hydrogen) atoms. The van der Waals surface area contributed by atoms with Crippen molar-refractivity contribution in [1.82, 2.24) is 25.1 Å². The third-order valence-corrected chi connectivity index (χ3v) is 7.28. The smallest absolute Gasteiger partial charge is 0.277 e. The lowest BCUT2D eigenvalue weighted by Crippen LogP contribution is -2.30. The third-order valence-electron chi connectivity index (χ3n) is 7.28. The predicted molar refractivity (Wildman–Crippen MR) is 141 cm³/mol. The minimum atomic E-state index is -0.385. The van der Waals surface area contributed by atoms with Crippen LogP contribution in [0.15, 0.2) is 47.3 Å². The summed E-state index contributed by atoms with van der Waals surface area (Å²) >= 11 is 0. The van der Waals surface area contributed by atoms with Crippen molar-refractivity contribution in [3.63, 3.8) is 0 Å². The zero-order valence-electron chi connectivity index (χ0n) is 20.9. The van der Waals surface area contributed by atoms with Crippen molar-refractivity contribution in [1.29, 1.82) is 0 Å². The van der Waals surface area contributed by atoms with Gasteiger partial charge in [-0.2, -0.15) is 5.10 Å². The van der Waals surface area contributed by atoms with Crippen molar-refractivity contribution in [3.8, 4) is 11.5 Å². The second-order valence-electron chi connectivity index (χ2n) is 10.0. The molecule has 192 valence electrons. The summed E-state index contributed by atoms with van der Waals surface area (Å²) in [4.78, 5) is 24.0. The molecule has 10 heteroatoms. The number of aliphatic hydroxyl groups is 1. The Balaban J connectivity index is 1.31. The molecular formula is C27H31N7O3. The Labute approximate surface area is 214 Å². The van der Waals surface area contributed by atoms with Crippen LogP contribution < -0.4 is 15.5 Å². The van der Waals surface area contributed by atoms with Gasteiger partial charge in [0.15, 0.2) is 5.69 Å². The van der Waals surface area contributed by atoms with E-state index < -0.39 is 0 Å². The highest BCUT2D eigenvalue weighted by Crippen LogP contribution is 2.34. The average molecular weight is 502 g/mol. The summed E-state index contributed by atoms with van der Waals surface area (Å²) in [5, 5.41) is 22.3. The van der Waals surface area contributed by atoms with Gasteiger partial charge in [-0.25, -0.2) is 4.98 Å². The van der Waals surface area contributed by atoms with E-state index in [1.165, 1.54) is 6.26 Å². The summed E-state index contributed by atoms with van der Waals surface area (Å²) in [6.45, 7) is 6.04. The van der Waals surface area contributed by atoms with Crippen LogP contribution in [0.1, 0.15) is 35.4 Å². The quantitative estimate of drug-likeness (QED) is 0.368. The molecule has 3 N–H and O–H groups in total. The fourth-order valence-corrected chi connectivity index (χ4v) is 5.27. The molecule has 1 atom stereocenters. The van der Waals surface area contributed by atoms with Gasteiger partial charge in [-0.15, -0.1) is 0 Å². The third kappa shape index (κ3) is 4.94. The zero-order chi connectivity index (χ0) is 25.4. The molecule has 0 saturated carbocycles. The number of aromatic nitrogens is 4. The number of pyridine rings is 1. The summed E-state index contributed by atoms with van der Waals surface area (Å²) in [5.74, 6) is 0.584. The number of carbonyl (C=O) groups is 1. The van der Waals surface area contributed by atoms with Crippen LogP contribution in [0.5, 0.6) is 0 Å². The van der Waals surface area contributed by atoms with Crippen LogP contribution in [-0.4, -0.2) is 63.0 Å². The fraction of sp³-hybridized carbons (Fsp3) is 0.407. The number of nitrogens with zero attached hydrogens (tertiary/aromatic N) is 5. The maximum absolute atomic E-state index is 13.3. The Morgan fingerprint density at radius 3 is 2.89 bits per heavy atom. The molecule has 0 radical (unpaired) electrons. The largest absolute Gasteiger partial charge is 0.444 e. The normalized spacial score (nSPS) is 18.5. The van der Waals surface area contributed by atoms with Gasteiger partial charge in [0, 0.05) is 42.5 Å². The number of fused-ring (bicyclic) bond motifs is 1. The Kier molecular flexibility index (Phi) is 6.35. The Morgan fingerprint density at radius 2 is 2.11 bits per heavy atom. The van der Waals surface area contributed by atoms with Crippen LogP contribution in [0.25, 0.3) is 22.4 Å². The molecule has 4 aromatic rings. The first-order valence-corrected chi connectivity index (χ1v) is 12.9. The molecule has 3 aromatic heterocycles. The number of oxazole rings is 1. The fourth-order valence-electron chi connectivity index (χ4n) is 5.27. The van der Waals surface area contributed by atoms with Gasteiger partial charge in [0.1, 0.15) is 6.26 Å². The van der Waals surface area contributed by atoms with Gasteiger partial charge in [-0.05, 0) is 69.5 Å². The van der Waals surface area contributed by atoms with Crippen LogP contribution >= 0.6 is 0 Å². The Bertz CT molecular complexity index is 1420. The minimum absolute atomic E-state index is 0.195. The first kappa shape index (κ1) is 23.6. The van der Waals surface area contributed by atoms with E-state index in [0.29, 0.717) is 37.0 Å². The molecule has 1 aromatic carbocycles. The lowest BCUT2D eigenvalue weighted by molar-refractivity contribution is 0.102. The number of amides is 1. The molecule has 0 spiro atoms. The van der Waals surface area contributed by atoms with Gasteiger partial charge in [0.2, 0.25) is 5.89 Å². The van der Waals surface area contributed by atoms with Crippen molar-refractivity contribution in [2.75, 3.05) is 36.4 Å². The molecule has 6 rings (SSSR count). The lowest BCUT2D eigenvalue weighted by atomic mass is 9.98. The van der Waals surface area contributed by atoms with E-state index >= 15 is 0 Å². The van der Waals surface area contributed by atoms with Crippen LogP contribution in [0.3, 0.4) is 0 Å². The van der Waals surface area contributed by atoms with Crippen molar-refractivity contribution >= 4 is 28.2 Å². The van der Waals surface area contributed by atoms with Gasteiger partial charge in [0.25, 0.3) is 5.91 Å². The van der Waals surface area contributed by atoms with E-state index in [2.05, 4.69) is 36.7 Å². The number of hydrogen-bond acceptors (Lipinski definition) is 8. The minimum Gasteiger partial charge on any atom is -0.444 e. The maximum Gasteiger partial charge on any atom is 0.277 e. The highest BCUT2D eigenvalue weighted by atomic mass is 16.3. The lowest BCUT2D eigenvalue weighted by Gasteiger charge is -2.24. The molecule has 10 nitrogen and oxygen atoms in total. The summed E-state index contributed by atoms with van der Waals surface area (Å²) in [7, 11) is 0. The standard InChI is InChI=1S/C27H31N7O3/c1-17-10-19(4-8-29-17)27-32-23(16-37-27)26(36)31-22-12-24-20(11-25(22)33-9-5-21(35)15-33)13-30-34(24)14-18-2-6-28-7-3-18/h4,8,10-13,16,18,21,28,35H,2-3,5-7,9,14-15H2,1H3,(H,31,36). The van der Waals surface area contributed by atoms with Gasteiger partial charge < -0.3 is 25.1 Å². The van der Waals surface area contributed by atoms with Gasteiger partial charge in [-0.3, -0.25) is 14.5 Å². The van der Waals surface area contributed by atoms with E-state index in [0.717, 1.165) is 60.3 Å². The number of carbonyl (C=O) groups excluding carboxylic acids is 1. The number of aryl methyl sites for hydroxylation is 1. The number of aliphatic hydroxyl groups excluding tert-OH is 1. The molecule has 2 aliphatic heterocycles. The molecule has 2 fully saturated rings. The molecule has 1 unspecified atom stereocenters. The SMILES string of the molecule is Cc1cc(-c2nc(C(=O)Nc3cc4c(cnn4CC4CCNCC4)cc3N3CCC(O)C3)co2)ccn1. The number of anilines is 2. The second kappa shape index (κ2) is 9.95. The van der Waals surface area contributed by atoms with Crippen molar-refractivity contribution in [3.05, 3.63) is 54.3 Å². The van der Waals surface area contributed by atoms with Gasteiger partial charge >= 0.3 is 0 Å². The van der Waals surface area contributed by atoms with Crippen LogP contribution in [0.2, 0.25) is 0 Å². The molecule has 0 bridgehead atoms. The highest BCUT2D eigenvalue weighted by Gasteiger charge is 2.25. The van der Waals surface area contributed by atoms with E-state index in [1.54, 1.807) is 12.3 Å². The van der Waals surface area contributed by atoms with Crippen LogP contribution in [0.4, 0.5) is 11.4 Å². The maximum atomic E-state index is 13.3. The second-order valence-corrected chi connectivity index (χ2v) is 10.0. The average Bonchev–Trinajstić information content (AvgIpc) is 3.65. The Hall–Kier alpha value is -3.76. The molecule has 1 amide bonds. The number of β-amino-alcohol motifs (C(OH)–C–C–N with tert-alkyl or cyclic N) is 1. The monoisotopic (exact) mass is 501 g/mol. The van der Waals surface area contributed by atoms with Crippen molar-refractivity contribution in [2.45, 2.75) is 38.8 Å². The Morgan fingerprint density at radius 1 is 1.24 bits per heavy atom. The number of piperidine rings is 1.